The van der Waals surface area contributed by atoms with E-state index in [0.717, 1.165) is 18.5 Å². The van der Waals surface area contributed by atoms with Gasteiger partial charge in [-0.05, 0) is 31.5 Å². The molecule has 70 valence electrons. The molecule has 0 saturated carbocycles. The number of hydrogen-bond acceptors (Lipinski definition) is 1. The summed E-state index contributed by atoms with van der Waals surface area (Å²) >= 11 is 12.1. The fraction of sp³-hybridized carbons (Fsp3) is 0.400. The van der Waals surface area contributed by atoms with Crippen molar-refractivity contribution in [1.82, 2.24) is 5.32 Å². The Hall–Kier alpha value is -0.240. The van der Waals surface area contributed by atoms with Crippen LogP contribution in [0.4, 0.5) is 0 Å². The van der Waals surface area contributed by atoms with E-state index in [9.17, 15) is 0 Å². The van der Waals surface area contributed by atoms with Crippen LogP contribution in [0, 0.1) is 0 Å². The Kier molecular flexibility index (Phi) is 2.26. The second-order valence-corrected chi connectivity index (χ2v) is 4.40. The minimum Gasteiger partial charge on any atom is -0.307 e. The van der Waals surface area contributed by atoms with Crippen LogP contribution in [0.2, 0.25) is 10.0 Å². The van der Waals surface area contributed by atoms with Gasteiger partial charge in [0.1, 0.15) is 0 Å². The topological polar surface area (TPSA) is 12.0 Å². The van der Waals surface area contributed by atoms with E-state index in [2.05, 4.69) is 12.2 Å². The third-order valence-corrected chi connectivity index (χ3v) is 3.51. The van der Waals surface area contributed by atoms with Crippen molar-refractivity contribution >= 4 is 23.2 Å². The van der Waals surface area contributed by atoms with E-state index in [0.29, 0.717) is 10.0 Å². The standard InChI is InChI=1S/C10H11Cl2N/c1-10(5-6-13-10)7-3-2-4-8(11)9(7)12/h2-4,13H,5-6H2,1H3. The Morgan fingerprint density at radius 1 is 1.38 bits per heavy atom. The molecule has 0 radical (unpaired) electrons. The molecule has 1 aromatic carbocycles. The van der Waals surface area contributed by atoms with Crippen LogP contribution >= 0.6 is 23.2 Å². The Morgan fingerprint density at radius 3 is 2.62 bits per heavy atom. The molecule has 3 heteroatoms. The molecule has 1 N–H and O–H groups in total. The van der Waals surface area contributed by atoms with Gasteiger partial charge in [0.15, 0.2) is 0 Å². The minimum atomic E-state index is 0.0297. The normalized spacial score (nSPS) is 27.0. The van der Waals surface area contributed by atoms with Crippen molar-refractivity contribution in [3.05, 3.63) is 33.8 Å². The summed E-state index contributed by atoms with van der Waals surface area (Å²) in [4.78, 5) is 0. The van der Waals surface area contributed by atoms with Gasteiger partial charge >= 0.3 is 0 Å². The summed E-state index contributed by atoms with van der Waals surface area (Å²) < 4.78 is 0. The Bertz CT molecular complexity index is 332. The van der Waals surface area contributed by atoms with Crippen molar-refractivity contribution in [2.75, 3.05) is 6.54 Å². The third kappa shape index (κ3) is 1.45. The fourth-order valence-electron chi connectivity index (χ4n) is 1.66. The number of rotatable bonds is 1. The van der Waals surface area contributed by atoms with Gasteiger partial charge in [-0.15, -0.1) is 0 Å². The van der Waals surface area contributed by atoms with Crippen molar-refractivity contribution in [1.29, 1.82) is 0 Å². The summed E-state index contributed by atoms with van der Waals surface area (Å²) in [5, 5.41) is 4.68. The zero-order valence-electron chi connectivity index (χ0n) is 7.40. The molecule has 2 rings (SSSR count). The molecule has 0 amide bonds. The Labute approximate surface area is 88.0 Å². The average Bonchev–Trinajstić information content (AvgIpc) is 2.06. The monoisotopic (exact) mass is 215 g/mol. The van der Waals surface area contributed by atoms with Crippen molar-refractivity contribution in [2.45, 2.75) is 18.9 Å². The molecule has 1 aliphatic rings. The number of benzene rings is 1. The molecular formula is C10H11Cl2N. The van der Waals surface area contributed by atoms with Crippen LogP contribution in [-0.4, -0.2) is 6.54 Å². The van der Waals surface area contributed by atoms with Crippen LogP contribution in [0.1, 0.15) is 18.9 Å². The molecular weight excluding hydrogens is 205 g/mol. The molecule has 1 nitrogen and oxygen atoms in total. The van der Waals surface area contributed by atoms with Crippen LogP contribution in [0.3, 0.4) is 0 Å². The fourth-order valence-corrected chi connectivity index (χ4v) is 2.17. The molecule has 1 fully saturated rings. The highest BCUT2D eigenvalue weighted by Gasteiger charge is 2.34. The molecule has 0 bridgehead atoms. The van der Waals surface area contributed by atoms with Crippen molar-refractivity contribution in [2.24, 2.45) is 0 Å². The van der Waals surface area contributed by atoms with Crippen LogP contribution in [-0.2, 0) is 5.54 Å². The summed E-state index contributed by atoms with van der Waals surface area (Å²) in [6.45, 7) is 3.20. The lowest BCUT2D eigenvalue weighted by atomic mass is 9.83. The number of hydrogen-bond donors (Lipinski definition) is 1. The maximum Gasteiger partial charge on any atom is 0.0642 e. The van der Waals surface area contributed by atoms with Gasteiger partial charge in [0.25, 0.3) is 0 Å². The van der Waals surface area contributed by atoms with Gasteiger partial charge < -0.3 is 5.32 Å². The van der Waals surface area contributed by atoms with Crippen LogP contribution in [0.5, 0.6) is 0 Å². The minimum absolute atomic E-state index is 0.0297. The summed E-state index contributed by atoms with van der Waals surface area (Å²) in [5.41, 5.74) is 1.13. The summed E-state index contributed by atoms with van der Waals surface area (Å²) in [6, 6.07) is 5.78. The highest BCUT2D eigenvalue weighted by atomic mass is 35.5. The van der Waals surface area contributed by atoms with Crippen LogP contribution < -0.4 is 5.32 Å². The Balaban J connectivity index is 2.45. The van der Waals surface area contributed by atoms with E-state index in [1.54, 1.807) is 0 Å². The lowest BCUT2D eigenvalue weighted by Gasteiger charge is -2.41. The van der Waals surface area contributed by atoms with E-state index in [-0.39, 0.29) is 5.54 Å². The SMILES string of the molecule is CC1(c2cccc(Cl)c2Cl)CCN1. The van der Waals surface area contributed by atoms with E-state index in [1.165, 1.54) is 0 Å². The highest BCUT2D eigenvalue weighted by molar-refractivity contribution is 6.42. The van der Waals surface area contributed by atoms with E-state index < -0.39 is 0 Å². The molecule has 1 unspecified atom stereocenters. The van der Waals surface area contributed by atoms with Gasteiger partial charge in [-0.3, -0.25) is 0 Å². The smallest absolute Gasteiger partial charge is 0.0642 e. The lowest BCUT2D eigenvalue weighted by molar-refractivity contribution is 0.237. The predicted octanol–water partition coefficient (Wildman–Crippen LogP) is 3.20. The molecule has 0 aromatic heterocycles. The summed E-state index contributed by atoms with van der Waals surface area (Å²) in [7, 11) is 0. The molecule has 0 aliphatic carbocycles. The van der Waals surface area contributed by atoms with E-state index >= 15 is 0 Å². The summed E-state index contributed by atoms with van der Waals surface area (Å²) in [6.07, 6.45) is 1.12. The molecule has 1 aliphatic heterocycles. The van der Waals surface area contributed by atoms with Crippen molar-refractivity contribution < 1.29 is 0 Å². The van der Waals surface area contributed by atoms with Gasteiger partial charge in [0, 0.05) is 5.54 Å². The predicted molar refractivity (Wildman–Crippen MR) is 56.4 cm³/mol. The maximum absolute atomic E-state index is 6.12. The van der Waals surface area contributed by atoms with Gasteiger partial charge in [-0.2, -0.15) is 0 Å². The number of nitrogens with one attached hydrogen (secondary N) is 1. The summed E-state index contributed by atoms with van der Waals surface area (Å²) in [5.74, 6) is 0. The van der Waals surface area contributed by atoms with E-state index in [1.807, 2.05) is 18.2 Å². The molecule has 1 aromatic rings. The Morgan fingerprint density at radius 2 is 2.08 bits per heavy atom. The quantitative estimate of drug-likeness (QED) is 0.760. The third-order valence-electron chi connectivity index (χ3n) is 2.69. The first-order valence-electron chi connectivity index (χ1n) is 4.33. The number of halogens is 2. The second-order valence-electron chi connectivity index (χ2n) is 3.61. The van der Waals surface area contributed by atoms with Crippen LogP contribution in [0.15, 0.2) is 18.2 Å². The lowest BCUT2D eigenvalue weighted by Crippen LogP contribution is -2.51. The molecule has 0 spiro atoms. The molecule has 1 heterocycles. The van der Waals surface area contributed by atoms with Gasteiger partial charge in [0.05, 0.1) is 10.0 Å². The van der Waals surface area contributed by atoms with Gasteiger partial charge in [0.2, 0.25) is 0 Å². The van der Waals surface area contributed by atoms with Gasteiger partial charge in [-0.1, -0.05) is 35.3 Å². The van der Waals surface area contributed by atoms with Crippen molar-refractivity contribution in [3.8, 4) is 0 Å². The first-order valence-corrected chi connectivity index (χ1v) is 5.09. The maximum atomic E-state index is 6.12. The largest absolute Gasteiger partial charge is 0.307 e. The second kappa shape index (κ2) is 3.16. The first kappa shape index (κ1) is 9.32. The zero-order valence-corrected chi connectivity index (χ0v) is 8.91. The van der Waals surface area contributed by atoms with Gasteiger partial charge in [-0.25, -0.2) is 0 Å². The highest BCUT2D eigenvalue weighted by Crippen LogP contribution is 2.38. The molecule has 1 saturated heterocycles. The zero-order chi connectivity index (χ0) is 9.47. The van der Waals surface area contributed by atoms with E-state index in [4.69, 9.17) is 23.2 Å². The molecule has 1 atom stereocenters. The average molecular weight is 216 g/mol. The first-order chi connectivity index (χ1) is 6.13. The van der Waals surface area contributed by atoms with Crippen molar-refractivity contribution in [3.63, 3.8) is 0 Å². The molecule has 13 heavy (non-hydrogen) atoms. The van der Waals surface area contributed by atoms with Crippen LogP contribution in [0.25, 0.3) is 0 Å².